The number of aliphatic hydroxyl groups is 1. The van der Waals surface area contributed by atoms with Crippen LogP contribution < -0.4 is 4.72 Å². The van der Waals surface area contributed by atoms with Crippen molar-refractivity contribution in [3.8, 4) is 6.07 Å². The molecule has 2 atom stereocenters. The van der Waals surface area contributed by atoms with E-state index in [9.17, 15) is 13.5 Å². The predicted octanol–water partition coefficient (Wildman–Crippen LogP) is 0.376. The predicted molar refractivity (Wildman–Crippen MR) is 71.3 cm³/mol. The Morgan fingerprint density at radius 2 is 2.35 bits per heavy atom. The van der Waals surface area contributed by atoms with E-state index in [4.69, 9.17) is 10.00 Å². The highest BCUT2D eigenvalue weighted by atomic mass is 32.2. The fourth-order valence-corrected chi connectivity index (χ4v) is 3.19. The van der Waals surface area contributed by atoms with Gasteiger partial charge in [0.25, 0.3) is 0 Å². The van der Waals surface area contributed by atoms with Gasteiger partial charge in [0.05, 0.1) is 22.6 Å². The zero-order valence-electron chi connectivity index (χ0n) is 11.0. The van der Waals surface area contributed by atoms with E-state index in [1.807, 2.05) is 6.07 Å². The van der Waals surface area contributed by atoms with Crippen LogP contribution in [0.3, 0.4) is 0 Å². The number of nitrogens with one attached hydrogen (secondary N) is 1. The molecule has 1 aliphatic heterocycles. The molecule has 1 aliphatic rings. The number of nitriles is 1. The molecule has 0 aromatic heterocycles. The van der Waals surface area contributed by atoms with Crippen LogP contribution in [0.4, 0.5) is 0 Å². The van der Waals surface area contributed by atoms with E-state index in [-0.39, 0.29) is 17.0 Å². The Bertz CT molecular complexity index is 638. The first kappa shape index (κ1) is 14.9. The van der Waals surface area contributed by atoms with E-state index in [1.54, 1.807) is 6.92 Å². The molecule has 2 unspecified atom stereocenters. The molecule has 0 saturated carbocycles. The van der Waals surface area contributed by atoms with Crippen LogP contribution >= 0.6 is 0 Å². The molecular weight excluding hydrogens is 280 g/mol. The molecule has 0 bridgehead atoms. The monoisotopic (exact) mass is 296 g/mol. The van der Waals surface area contributed by atoms with Crippen LogP contribution in [0.5, 0.6) is 0 Å². The van der Waals surface area contributed by atoms with Crippen molar-refractivity contribution in [1.29, 1.82) is 5.26 Å². The Balaban J connectivity index is 2.14. The third-order valence-corrected chi connectivity index (χ3v) is 4.90. The number of nitrogens with zero attached hydrogens (tertiary/aromatic N) is 1. The van der Waals surface area contributed by atoms with Gasteiger partial charge >= 0.3 is 0 Å². The minimum Gasteiger partial charge on any atom is -0.386 e. The zero-order chi connectivity index (χ0) is 14.8. The number of ether oxygens (including phenoxy) is 1. The SMILES string of the molecule is CC1OCCC1(O)CNS(=O)(=O)c1cccc(C#N)c1. The standard InChI is InChI=1S/C13H16N2O4S/c1-10-13(16,5-6-19-10)9-15-20(17,18)12-4-2-3-11(7-12)8-14/h2-4,7,10,15-16H,5-6,9H2,1H3. The molecule has 1 saturated heterocycles. The molecule has 2 N–H and O–H groups in total. The first-order valence-corrected chi connectivity index (χ1v) is 7.69. The van der Waals surface area contributed by atoms with Crippen LogP contribution in [0.1, 0.15) is 18.9 Å². The molecule has 2 rings (SSSR count). The number of benzene rings is 1. The molecule has 0 amide bonds. The summed E-state index contributed by atoms with van der Waals surface area (Å²) in [6.45, 7) is 1.99. The molecule has 0 radical (unpaired) electrons. The second-order valence-electron chi connectivity index (χ2n) is 4.83. The topological polar surface area (TPSA) is 99.4 Å². The lowest BCUT2D eigenvalue weighted by Gasteiger charge is -2.26. The minimum absolute atomic E-state index is 0.00622. The molecule has 1 heterocycles. The van der Waals surface area contributed by atoms with Gasteiger partial charge in [0.1, 0.15) is 5.60 Å². The highest BCUT2D eigenvalue weighted by molar-refractivity contribution is 7.89. The van der Waals surface area contributed by atoms with Gasteiger partial charge in [-0.2, -0.15) is 5.26 Å². The average molecular weight is 296 g/mol. The van der Waals surface area contributed by atoms with Gasteiger partial charge in [0, 0.05) is 19.6 Å². The lowest BCUT2D eigenvalue weighted by molar-refractivity contribution is -0.0228. The Kier molecular flexibility index (Phi) is 4.11. The maximum Gasteiger partial charge on any atom is 0.240 e. The van der Waals surface area contributed by atoms with Gasteiger partial charge < -0.3 is 9.84 Å². The summed E-state index contributed by atoms with van der Waals surface area (Å²) in [6, 6.07) is 7.62. The Morgan fingerprint density at radius 3 is 2.95 bits per heavy atom. The van der Waals surface area contributed by atoms with Gasteiger partial charge in [-0.05, 0) is 25.1 Å². The van der Waals surface area contributed by atoms with Crippen LogP contribution in [0, 0.1) is 11.3 Å². The van der Waals surface area contributed by atoms with Gasteiger partial charge in [-0.3, -0.25) is 0 Å². The summed E-state index contributed by atoms with van der Waals surface area (Å²) in [7, 11) is -3.76. The normalized spacial score (nSPS) is 26.4. The first-order valence-electron chi connectivity index (χ1n) is 6.21. The number of hydrogen-bond donors (Lipinski definition) is 2. The summed E-state index contributed by atoms with van der Waals surface area (Å²) < 4.78 is 31.9. The average Bonchev–Trinajstić information content (AvgIpc) is 2.77. The molecular formula is C13H16N2O4S. The molecule has 1 aromatic carbocycles. The number of sulfonamides is 1. The number of hydrogen-bond acceptors (Lipinski definition) is 5. The van der Waals surface area contributed by atoms with E-state index in [0.29, 0.717) is 13.0 Å². The molecule has 108 valence electrons. The van der Waals surface area contributed by atoms with Gasteiger partial charge in [-0.1, -0.05) is 6.07 Å². The molecule has 0 aliphatic carbocycles. The van der Waals surface area contributed by atoms with Crippen LogP contribution in [-0.4, -0.2) is 38.4 Å². The van der Waals surface area contributed by atoms with E-state index < -0.39 is 21.7 Å². The largest absolute Gasteiger partial charge is 0.386 e. The van der Waals surface area contributed by atoms with Crippen molar-refractivity contribution in [1.82, 2.24) is 4.72 Å². The smallest absolute Gasteiger partial charge is 0.240 e. The summed E-state index contributed by atoms with van der Waals surface area (Å²) in [5.74, 6) is 0. The van der Waals surface area contributed by atoms with E-state index >= 15 is 0 Å². The van der Waals surface area contributed by atoms with Crippen molar-refractivity contribution in [3.63, 3.8) is 0 Å². The fraction of sp³-hybridized carbons (Fsp3) is 0.462. The molecule has 20 heavy (non-hydrogen) atoms. The van der Waals surface area contributed by atoms with Crippen molar-refractivity contribution in [3.05, 3.63) is 29.8 Å². The third kappa shape index (κ3) is 2.99. The number of rotatable bonds is 4. The summed E-state index contributed by atoms with van der Waals surface area (Å²) in [4.78, 5) is 0.00622. The van der Waals surface area contributed by atoms with E-state index in [2.05, 4.69) is 4.72 Å². The lowest BCUT2D eigenvalue weighted by atomic mass is 9.97. The van der Waals surface area contributed by atoms with Gasteiger partial charge in [0.2, 0.25) is 10.0 Å². The molecule has 1 fully saturated rings. The summed E-state index contributed by atoms with van der Waals surface area (Å²) in [5.41, 5.74) is -0.927. The van der Waals surface area contributed by atoms with Gasteiger partial charge in [-0.25, -0.2) is 13.1 Å². The first-order chi connectivity index (χ1) is 9.37. The van der Waals surface area contributed by atoms with Crippen LogP contribution in [-0.2, 0) is 14.8 Å². The van der Waals surface area contributed by atoms with Crippen molar-refractivity contribution >= 4 is 10.0 Å². The maximum atomic E-state index is 12.1. The highest BCUT2D eigenvalue weighted by Gasteiger charge is 2.40. The Hall–Kier alpha value is -1.46. The fourth-order valence-electron chi connectivity index (χ4n) is 2.04. The molecule has 6 nitrogen and oxygen atoms in total. The van der Waals surface area contributed by atoms with Crippen molar-refractivity contribution in [2.24, 2.45) is 0 Å². The van der Waals surface area contributed by atoms with Crippen molar-refractivity contribution in [2.45, 2.75) is 29.9 Å². The van der Waals surface area contributed by atoms with E-state index in [0.717, 1.165) is 0 Å². The molecule has 0 spiro atoms. The Labute approximate surface area is 118 Å². The second kappa shape index (κ2) is 5.50. The van der Waals surface area contributed by atoms with Crippen molar-refractivity contribution < 1.29 is 18.3 Å². The van der Waals surface area contributed by atoms with Crippen LogP contribution in [0.25, 0.3) is 0 Å². The summed E-state index contributed by atoms with van der Waals surface area (Å²) in [6.07, 6.45) is -0.0369. The van der Waals surface area contributed by atoms with Crippen molar-refractivity contribution in [2.75, 3.05) is 13.2 Å². The maximum absolute atomic E-state index is 12.1. The van der Waals surface area contributed by atoms with Crippen LogP contribution in [0.2, 0.25) is 0 Å². The van der Waals surface area contributed by atoms with Gasteiger partial charge in [0.15, 0.2) is 0 Å². The van der Waals surface area contributed by atoms with Crippen LogP contribution in [0.15, 0.2) is 29.2 Å². The molecule has 7 heteroatoms. The van der Waals surface area contributed by atoms with E-state index in [1.165, 1.54) is 24.3 Å². The van der Waals surface area contributed by atoms with Gasteiger partial charge in [-0.15, -0.1) is 0 Å². The minimum atomic E-state index is -3.76. The third-order valence-electron chi connectivity index (χ3n) is 3.50. The quantitative estimate of drug-likeness (QED) is 0.836. The molecule has 1 aromatic rings. The second-order valence-corrected chi connectivity index (χ2v) is 6.60. The summed E-state index contributed by atoms with van der Waals surface area (Å²) >= 11 is 0. The summed E-state index contributed by atoms with van der Waals surface area (Å²) in [5, 5.41) is 19.1. The highest BCUT2D eigenvalue weighted by Crippen LogP contribution is 2.25. The zero-order valence-corrected chi connectivity index (χ0v) is 11.9. The lowest BCUT2D eigenvalue weighted by Crippen LogP contribution is -2.47. The Morgan fingerprint density at radius 1 is 1.60 bits per heavy atom.